The molecule has 1 fully saturated rings. The van der Waals surface area contributed by atoms with Crippen LogP contribution in [0.15, 0.2) is 0 Å². The van der Waals surface area contributed by atoms with Crippen LogP contribution < -0.4 is 0 Å². The smallest absolute Gasteiger partial charge is 0.203 e. The number of hydrogen-bond acceptors (Lipinski definition) is 3. The Bertz CT molecular complexity index is 288. The molecule has 1 heterocycles. The quantitative estimate of drug-likeness (QED) is 0.693. The van der Waals surface area contributed by atoms with Crippen LogP contribution >= 0.6 is 6.57 Å². The lowest BCUT2D eigenvalue weighted by Gasteiger charge is -2.34. The molecular weight excluding hydrogens is 229 g/mol. The molecular formula is C9H18N3OPS. The molecule has 0 aromatic heterocycles. The normalized spacial score (nSPS) is 27.1. The minimum Gasteiger partial charge on any atom is -0.325 e. The first-order chi connectivity index (χ1) is 7.19. The van der Waals surface area contributed by atoms with Crippen LogP contribution in [0.3, 0.4) is 0 Å². The van der Waals surface area contributed by atoms with Gasteiger partial charge in [0.1, 0.15) is 0 Å². The largest absolute Gasteiger partial charge is 0.325 e. The van der Waals surface area contributed by atoms with Crippen LogP contribution in [0, 0.1) is 11.3 Å². The first-order valence-corrected chi connectivity index (χ1v) is 7.94. The first kappa shape index (κ1) is 13.1. The lowest BCUT2D eigenvalue weighted by atomic mass is 10.4. The van der Waals surface area contributed by atoms with Gasteiger partial charge < -0.3 is 4.52 Å². The van der Waals surface area contributed by atoms with Crippen LogP contribution in [0.1, 0.15) is 20.3 Å². The van der Waals surface area contributed by atoms with Gasteiger partial charge in [0.05, 0.1) is 12.7 Å². The van der Waals surface area contributed by atoms with Gasteiger partial charge in [0.2, 0.25) is 6.57 Å². The van der Waals surface area contributed by atoms with Crippen molar-refractivity contribution in [2.45, 2.75) is 20.3 Å². The first-order valence-electron chi connectivity index (χ1n) is 5.31. The maximum absolute atomic E-state index is 8.60. The summed E-state index contributed by atoms with van der Waals surface area (Å²) in [5.41, 5.74) is 0. The molecule has 0 radical (unpaired) electrons. The Morgan fingerprint density at radius 1 is 1.53 bits per heavy atom. The summed E-state index contributed by atoms with van der Waals surface area (Å²) >= 11 is 5.65. The van der Waals surface area contributed by atoms with Crippen LogP contribution in [0.4, 0.5) is 0 Å². The van der Waals surface area contributed by atoms with Gasteiger partial charge in [0.15, 0.2) is 0 Å². The van der Waals surface area contributed by atoms with Crippen molar-refractivity contribution >= 4 is 18.4 Å². The number of nitrogens with zero attached hydrogens (tertiary/aromatic N) is 3. The Hall–Kier alpha value is 0.0200. The molecule has 0 aromatic rings. The maximum atomic E-state index is 8.60. The Kier molecular flexibility index (Phi) is 5.17. The van der Waals surface area contributed by atoms with E-state index in [1.807, 2.05) is 0 Å². The highest BCUT2D eigenvalue weighted by atomic mass is 32.5. The minimum atomic E-state index is -1.97. The predicted octanol–water partition coefficient (Wildman–Crippen LogP) is 1.80. The maximum Gasteiger partial charge on any atom is 0.203 e. The van der Waals surface area contributed by atoms with Gasteiger partial charge >= 0.3 is 0 Å². The van der Waals surface area contributed by atoms with Gasteiger partial charge in [-0.05, 0) is 11.8 Å². The monoisotopic (exact) mass is 247 g/mol. The topological polar surface area (TPSA) is 39.5 Å². The summed E-state index contributed by atoms with van der Waals surface area (Å²) in [5.74, 6) is 0. The van der Waals surface area contributed by atoms with E-state index in [0.717, 1.165) is 26.2 Å². The van der Waals surface area contributed by atoms with Gasteiger partial charge in [-0.3, -0.25) is 0 Å². The van der Waals surface area contributed by atoms with E-state index in [2.05, 4.69) is 29.3 Å². The van der Waals surface area contributed by atoms with E-state index in [4.69, 9.17) is 21.6 Å². The number of rotatable bonds is 5. The Morgan fingerprint density at radius 2 is 2.20 bits per heavy atom. The third-order valence-corrected chi connectivity index (χ3v) is 7.15. The molecule has 0 bridgehead atoms. The molecule has 0 spiro atoms. The minimum absolute atomic E-state index is 0.531. The highest BCUT2D eigenvalue weighted by molar-refractivity contribution is 8.10. The van der Waals surface area contributed by atoms with Crippen molar-refractivity contribution in [1.29, 1.82) is 5.26 Å². The molecule has 86 valence electrons. The van der Waals surface area contributed by atoms with Crippen LogP contribution in [-0.4, -0.2) is 42.1 Å². The second-order valence-electron chi connectivity index (χ2n) is 3.32. The summed E-state index contributed by atoms with van der Waals surface area (Å²) < 4.78 is 10.2. The average Bonchev–Trinajstić information content (AvgIpc) is 2.59. The highest BCUT2D eigenvalue weighted by Crippen LogP contribution is 2.57. The summed E-state index contributed by atoms with van der Waals surface area (Å²) in [6.07, 6.45) is 0.531. The van der Waals surface area contributed by atoms with Gasteiger partial charge in [0.25, 0.3) is 0 Å². The fraction of sp³-hybridized carbons (Fsp3) is 0.889. The number of nitriles is 1. The summed E-state index contributed by atoms with van der Waals surface area (Å²) in [6, 6.07) is 2.16. The molecule has 0 aromatic carbocycles. The number of hydrogen-bond donors (Lipinski definition) is 0. The third-order valence-electron chi connectivity index (χ3n) is 2.54. The van der Waals surface area contributed by atoms with Gasteiger partial charge in [-0.1, -0.05) is 13.8 Å². The standard InChI is InChI=1S/C9H18N3OPS/c1-3-11(4-2)14(15)12(7-5-6-10)8-9-13-14/h3-5,7-9H2,1-2H3. The van der Waals surface area contributed by atoms with Crippen molar-refractivity contribution in [1.82, 2.24) is 9.34 Å². The van der Waals surface area contributed by atoms with Gasteiger partial charge in [-0.15, -0.1) is 0 Å². The van der Waals surface area contributed by atoms with Gasteiger partial charge in [0, 0.05) is 32.6 Å². The molecule has 4 nitrogen and oxygen atoms in total. The van der Waals surface area contributed by atoms with Crippen molar-refractivity contribution in [3.05, 3.63) is 0 Å². The molecule has 15 heavy (non-hydrogen) atoms. The molecule has 1 aliphatic rings. The fourth-order valence-corrected chi connectivity index (χ4v) is 5.54. The van der Waals surface area contributed by atoms with Crippen molar-refractivity contribution < 1.29 is 4.52 Å². The molecule has 1 saturated heterocycles. The van der Waals surface area contributed by atoms with Crippen molar-refractivity contribution in [3.8, 4) is 6.07 Å². The summed E-state index contributed by atoms with van der Waals surface area (Å²) in [6.45, 7) is 6.37. The Morgan fingerprint density at radius 3 is 2.73 bits per heavy atom. The Labute approximate surface area is 97.0 Å². The van der Waals surface area contributed by atoms with E-state index >= 15 is 0 Å². The van der Waals surface area contributed by atoms with E-state index in [9.17, 15) is 0 Å². The molecule has 1 aliphatic heterocycles. The molecule has 1 unspecified atom stereocenters. The van der Waals surface area contributed by atoms with E-state index in [1.54, 1.807) is 0 Å². The lowest BCUT2D eigenvalue weighted by Crippen LogP contribution is -2.29. The van der Waals surface area contributed by atoms with Crippen molar-refractivity contribution in [3.63, 3.8) is 0 Å². The zero-order valence-corrected chi connectivity index (χ0v) is 11.1. The molecule has 0 aliphatic carbocycles. The lowest BCUT2D eigenvalue weighted by molar-refractivity contribution is 0.349. The highest BCUT2D eigenvalue weighted by Gasteiger charge is 2.36. The molecule has 1 rings (SSSR count). The SMILES string of the molecule is CCN(CC)P1(=S)OCCN1CCC#N. The van der Waals surface area contributed by atoms with Crippen LogP contribution in [-0.2, 0) is 16.3 Å². The van der Waals surface area contributed by atoms with Gasteiger partial charge in [-0.2, -0.15) is 5.26 Å². The van der Waals surface area contributed by atoms with E-state index in [-0.39, 0.29) is 0 Å². The molecule has 0 N–H and O–H groups in total. The van der Waals surface area contributed by atoms with Crippen LogP contribution in [0.2, 0.25) is 0 Å². The Balaban J connectivity index is 2.72. The molecule has 0 saturated carbocycles. The van der Waals surface area contributed by atoms with Gasteiger partial charge in [-0.25, -0.2) is 9.34 Å². The van der Waals surface area contributed by atoms with Crippen molar-refractivity contribution in [2.24, 2.45) is 0 Å². The second-order valence-corrected chi connectivity index (χ2v) is 7.12. The van der Waals surface area contributed by atoms with Crippen LogP contribution in [0.5, 0.6) is 0 Å². The average molecular weight is 247 g/mol. The second kappa shape index (κ2) is 5.93. The van der Waals surface area contributed by atoms with Crippen molar-refractivity contribution in [2.75, 3.05) is 32.8 Å². The predicted molar refractivity (Wildman–Crippen MR) is 65.0 cm³/mol. The zero-order valence-electron chi connectivity index (χ0n) is 9.35. The van der Waals surface area contributed by atoms with Crippen LogP contribution in [0.25, 0.3) is 0 Å². The summed E-state index contributed by atoms with van der Waals surface area (Å²) in [7, 11) is 0. The fourth-order valence-electron chi connectivity index (χ4n) is 1.73. The zero-order chi connectivity index (χ0) is 11.3. The summed E-state index contributed by atoms with van der Waals surface area (Å²) in [5, 5.41) is 8.60. The van der Waals surface area contributed by atoms with E-state index in [1.165, 1.54) is 0 Å². The summed E-state index contributed by atoms with van der Waals surface area (Å²) in [4.78, 5) is 0. The molecule has 6 heteroatoms. The van der Waals surface area contributed by atoms with E-state index < -0.39 is 6.57 Å². The molecule has 1 atom stereocenters. The van der Waals surface area contributed by atoms with E-state index in [0.29, 0.717) is 13.0 Å². The molecule has 0 amide bonds. The third kappa shape index (κ3) is 2.77.